The molecule has 0 fully saturated rings. The number of ketones is 1. The number of aryl methyl sites for hydroxylation is 2. The number of hydrogen-bond donors (Lipinski definition) is 0. The Kier molecular flexibility index (Phi) is 6.33. The van der Waals surface area contributed by atoms with Gasteiger partial charge in [-0.25, -0.2) is 0 Å². The summed E-state index contributed by atoms with van der Waals surface area (Å²) in [5, 5.41) is 0.717. The van der Waals surface area contributed by atoms with Gasteiger partial charge >= 0.3 is 0 Å². The van der Waals surface area contributed by atoms with Crippen LogP contribution in [-0.2, 0) is 9.53 Å². The van der Waals surface area contributed by atoms with Crippen LogP contribution >= 0.6 is 11.6 Å². The predicted molar refractivity (Wildman–Crippen MR) is 128 cm³/mol. The SMILES string of the molecule is COC1=C(c2c(C)cc(-c3cccc(Cl)c3)cc2C)C(=O)CC1CCN1C=CC=CC1. The number of allylic oxidation sites excluding steroid dienone is 4. The molecule has 1 aliphatic carbocycles. The Labute approximate surface area is 189 Å². The molecule has 3 nitrogen and oxygen atoms in total. The van der Waals surface area contributed by atoms with Gasteiger partial charge in [-0.2, -0.15) is 0 Å². The zero-order chi connectivity index (χ0) is 22.0. The van der Waals surface area contributed by atoms with E-state index in [0.717, 1.165) is 58.7 Å². The molecule has 4 heteroatoms. The Morgan fingerprint density at radius 2 is 1.87 bits per heavy atom. The highest BCUT2D eigenvalue weighted by molar-refractivity contribution is 6.30. The van der Waals surface area contributed by atoms with Gasteiger partial charge in [-0.15, -0.1) is 0 Å². The van der Waals surface area contributed by atoms with Crippen molar-refractivity contribution in [1.82, 2.24) is 4.90 Å². The lowest BCUT2D eigenvalue weighted by atomic mass is 9.90. The van der Waals surface area contributed by atoms with E-state index >= 15 is 0 Å². The molecule has 1 unspecified atom stereocenters. The van der Waals surface area contributed by atoms with Crippen LogP contribution in [0.25, 0.3) is 16.7 Å². The van der Waals surface area contributed by atoms with Crippen molar-refractivity contribution in [3.63, 3.8) is 0 Å². The molecule has 1 aliphatic heterocycles. The van der Waals surface area contributed by atoms with Gasteiger partial charge in [-0.1, -0.05) is 48.0 Å². The van der Waals surface area contributed by atoms with Gasteiger partial charge in [-0.3, -0.25) is 4.79 Å². The lowest BCUT2D eigenvalue weighted by Gasteiger charge is -2.23. The quantitative estimate of drug-likeness (QED) is 0.531. The number of Topliss-reactive ketones (excluding diaryl/α,β-unsaturated/α-hetero) is 1. The van der Waals surface area contributed by atoms with Crippen molar-refractivity contribution >= 4 is 23.0 Å². The highest BCUT2D eigenvalue weighted by atomic mass is 35.5. The Morgan fingerprint density at radius 1 is 1.10 bits per heavy atom. The van der Waals surface area contributed by atoms with Crippen LogP contribution in [0.15, 0.2) is 66.6 Å². The molecule has 2 aromatic rings. The summed E-state index contributed by atoms with van der Waals surface area (Å²) >= 11 is 6.19. The summed E-state index contributed by atoms with van der Waals surface area (Å²) in [6.07, 6.45) is 9.78. The fraction of sp³-hybridized carbons (Fsp3) is 0.296. The number of halogens is 1. The molecule has 160 valence electrons. The standard InChI is InChI=1S/C27H28ClNO2/c1-18-14-22(20-8-7-9-23(28)16-20)15-19(2)25(18)26-24(30)17-21(27(26)31-3)10-13-29-11-5-4-6-12-29/h4-9,11,14-16,21H,10,12-13,17H2,1-3H3. The number of nitrogens with zero attached hydrogens (tertiary/aromatic N) is 1. The van der Waals surface area contributed by atoms with Crippen LogP contribution in [0.1, 0.15) is 29.5 Å². The van der Waals surface area contributed by atoms with E-state index in [-0.39, 0.29) is 11.7 Å². The fourth-order valence-corrected chi connectivity index (χ4v) is 4.90. The summed E-state index contributed by atoms with van der Waals surface area (Å²) in [6.45, 7) is 5.97. The van der Waals surface area contributed by atoms with Crippen LogP contribution in [0.2, 0.25) is 5.02 Å². The third kappa shape index (κ3) is 4.47. The molecule has 0 saturated heterocycles. The molecule has 0 radical (unpaired) electrons. The number of methoxy groups -OCH3 is 1. The number of carbonyl (C=O) groups is 1. The molecule has 0 bridgehead atoms. The Morgan fingerprint density at radius 3 is 2.52 bits per heavy atom. The van der Waals surface area contributed by atoms with Crippen molar-refractivity contribution in [3.05, 3.63) is 88.3 Å². The van der Waals surface area contributed by atoms with Gasteiger partial charge in [0.1, 0.15) is 5.76 Å². The first kappa shape index (κ1) is 21.5. The average molecular weight is 434 g/mol. The van der Waals surface area contributed by atoms with Crippen LogP contribution in [0.4, 0.5) is 0 Å². The molecule has 0 amide bonds. The van der Waals surface area contributed by atoms with E-state index in [1.807, 2.05) is 18.2 Å². The third-order valence-electron chi connectivity index (χ3n) is 6.14. The molecule has 1 atom stereocenters. The number of benzene rings is 2. The topological polar surface area (TPSA) is 29.5 Å². The van der Waals surface area contributed by atoms with Crippen molar-refractivity contribution in [2.45, 2.75) is 26.7 Å². The van der Waals surface area contributed by atoms with E-state index < -0.39 is 0 Å². The van der Waals surface area contributed by atoms with Gasteiger partial charge in [0.25, 0.3) is 0 Å². The monoisotopic (exact) mass is 433 g/mol. The van der Waals surface area contributed by atoms with Crippen molar-refractivity contribution in [3.8, 4) is 11.1 Å². The zero-order valence-electron chi connectivity index (χ0n) is 18.3. The molecule has 2 aliphatic rings. The summed E-state index contributed by atoms with van der Waals surface area (Å²) in [7, 11) is 1.69. The Hall–Kier alpha value is -2.78. The second-order valence-electron chi connectivity index (χ2n) is 8.32. The fourth-order valence-electron chi connectivity index (χ4n) is 4.71. The van der Waals surface area contributed by atoms with Gasteiger partial charge in [-0.05, 0) is 72.5 Å². The van der Waals surface area contributed by atoms with Crippen molar-refractivity contribution in [2.24, 2.45) is 5.92 Å². The van der Waals surface area contributed by atoms with Gasteiger partial charge in [0.15, 0.2) is 5.78 Å². The molecular formula is C27H28ClNO2. The summed E-state index contributed by atoms with van der Waals surface area (Å²) in [5.74, 6) is 1.14. The van der Waals surface area contributed by atoms with Crippen molar-refractivity contribution < 1.29 is 9.53 Å². The van der Waals surface area contributed by atoms with E-state index in [1.165, 1.54) is 0 Å². The van der Waals surface area contributed by atoms with Crippen LogP contribution < -0.4 is 0 Å². The van der Waals surface area contributed by atoms with Gasteiger partial charge < -0.3 is 9.64 Å². The van der Waals surface area contributed by atoms with E-state index in [0.29, 0.717) is 11.4 Å². The lowest BCUT2D eigenvalue weighted by Crippen LogP contribution is -2.22. The summed E-state index contributed by atoms with van der Waals surface area (Å²) in [5.41, 5.74) is 6.11. The molecule has 4 rings (SSSR count). The Balaban J connectivity index is 1.65. The first-order chi connectivity index (χ1) is 15.0. The molecule has 2 aromatic carbocycles. The maximum Gasteiger partial charge on any atom is 0.167 e. The molecule has 0 aromatic heterocycles. The van der Waals surface area contributed by atoms with E-state index in [4.69, 9.17) is 16.3 Å². The molecular weight excluding hydrogens is 406 g/mol. The number of hydrogen-bond acceptors (Lipinski definition) is 3. The van der Waals surface area contributed by atoms with Crippen LogP contribution in [0.3, 0.4) is 0 Å². The van der Waals surface area contributed by atoms with E-state index in [9.17, 15) is 4.79 Å². The second kappa shape index (κ2) is 9.15. The lowest BCUT2D eigenvalue weighted by molar-refractivity contribution is -0.113. The molecule has 0 N–H and O–H groups in total. The minimum atomic E-state index is 0.123. The van der Waals surface area contributed by atoms with Crippen molar-refractivity contribution in [2.75, 3.05) is 20.2 Å². The molecule has 0 saturated carbocycles. The number of ether oxygens (including phenoxy) is 1. The number of rotatable bonds is 6. The Bertz CT molecular complexity index is 1070. The van der Waals surface area contributed by atoms with Crippen LogP contribution in [0.5, 0.6) is 0 Å². The summed E-state index contributed by atoms with van der Waals surface area (Å²) in [4.78, 5) is 15.4. The highest BCUT2D eigenvalue weighted by Gasteiger charge is 2.35. The molecule has 31 heavy (non-hydrogen) atoms. The zero-order valence-corrected chi connectivity index (χ0v) is 19.1. The van der Waals surface area contributed by atoms with Gasteiger partial charge in [0, 0.05) is 30.5 Å². The van der Waals surface area contributed by atoms with Gasteiger partial charge in [0.2, 0.25) is 0 Å². The predicted octanol–water partition coefficient (Wildman–Crippen LogP) is 6.35. The van der Waals surface area contributed by atoms with E-state index in [2.05, 4.69) is 61.4 Å². The number of carbonyl (C=O) groups excluding carboxylic acids is 1. The minimum absolute atomic E-state index is 0.123. The maximum atomic E-state index is 13.1. The molecule has 1 heterocycles. The average Bonchev–Trinajstić information content (AvgIpc) is 3.07. The van der Waals surface area contributed by atoms with Crippen LogP contribution in [0, 0.1) is 19.8 Å². The van der Waals surface area contributed by atoms with Crippen molar-refractivity contribution in [1.29, 1.82) is 0 Å². The largest absolute Gasteiger partial charge is 0.500 e. The van der Waals surface area contributed by atoms with Crippen LogP contribution in [-0.4, -0.2) is 30.9 Å². The van der Waals surface area contributed by atoms with Gasteiger partial charge in [0.05, 0.1) is 12.7 Å². The first-order valence-corrected chi connectivity index (χ1v) is 11.1. The minimum Gasteiger partial charge on any atom is -0.500 e. The summed E-state index contributed by atoms with van der Waals surface area (Å²) in [6, 6.07) is 12.1. The highest BCUT2D eigenvalue weighted by Crippen LogP contribution is 2.41. The smallest absolute Gasteiger partial charge is 0.167 e. The second-order valence-corrected chi connectivity index (χ2v) is 8.75. The molecule has 0 spiro atoms. The first-order valence-electron chi connectivity index (χ1n) is 10.7. The summed E-state index contributed by atoms with van der Waals surface area (Å²) < 4.78 is 5.83. The third-order valence-corrected chi connectivity index (χ3v) is 6.37. The maximum absolute atomic E-state index is 13.1. The van der Waals surface area contributed by atoms with E-state index in [1.54, 1.807) is 7.11 Å². The normalized spacial score (nSPS) is 18.3.